The van der Waals surface area contributed by atoms with Crippen molar-refractivity contribution in [2.75, 3.05) is 33.2 Å². The number of aliphatic imine (C=N–C) groups is 1. The van der Waals surface area contributed by atoms with E-state index in [2.05, 4.69) is 30.2 Å². The quantitative estimate of drug-likeness (QED) is 0.672. The van der Waals surface area contributed by atoms with E-state index in [9.17, 15) is 0 Å². The molecule has 3 heterocycles. The van der Waals surface area contributed by atoms with Crippen LogP contribution in [0.2, 0.25) is 0 Å². The van der Waals surface area contributed by atoms with Crippen LogP contribution in [-0.4, -0.2) is 59.1 Å². The molecular weight excluding hydrogens is 312 g/mol. The van der Waals surface area contributed by atoms with E-state index in [0.29, 0.717) is 0 Å². The lowest BCUT2D eigenvalue weighted by atomic mass is 10.3. The van der Waals surface area contributed by atoms with E-state index in [1.165, 1.54) is 4.88 Å². The molecule has 124 valence electrons. The summed E-state index contributed by atoms with van der Waals surface area (Å²) in [7, 11) is 1.84. The topological polar surface area (TPSA) is 69.8 Å². The lowest BCUT2D eigenvalue weighted by Crippen LogP contribution is -2.52. The Morgan fingerprint density at radius 3 is 2.83 bits per heavy atom. The number of piperazine rings is 1. The van der Waals surface area contributed by atoms with E-state index < -0.39 is 0 Å². The Morgan fingerprint density at radius 1 is 1.39 bits per heavy atom. The van der Waals surface area contributed by atoms with Crippen LogP contribution in [0.15, 0.2) is 27.4 Å². The van der Waals surface area contributed by atoms with Crippen molar-refractivity contribution in [1.29, 1.82) is 0 Å². The standard InChI is InChI=1S/C15H22N6OS/c1-12-14(23-11-18-12)9-17-15(16-2)21-6-4-20(5-7-21)10-13-3-8-22-19-13/h3,8,11H,4-7,9-10H2,1-2H3,(H,16,17). The lowest BCUT2D eigenvalue weighted by Gasteiger charge is -2.36. The Bertz CT molecular complexity index is 630. The summed E-state index contributed by atoms with van der Waals surface area (Å²) in [6, 6.07) is 1.92. The summed E-state index contributed by atoms with van der Waals surface area (Å²) in [6.07, 6.45) is 1.62. The normalized spacial score (nSPS) is 16.8. The molecule has 8 heteroatoms. The Hall–Kier alpha value is -1.93. The maximum absolute atomic E-state index is 4.89. The van der Waals surface area contributed by atoms with Gasteiger partial charge in [0.2, 0.25) is 0 Å². The second kappa shape index (κ2) is 7.56. The molecule has 0 amide bonds. The number of hydrogen-bond donors (Lipinski definition) is 1. The fourth-order valence-corrected chi connectivity index (χ4v) is 3.37. The summed E-state index contributed by atoms with van der Waals surface area (Å²) in [5.41, 5.74) is 3.97. The zero-order valence-electron chi connectivity index (χ0n) is 13.5. The van der Waals surface area contributed by atoms with Gasteiger partial charge in [0.1, 0.15) is 6.26 Å². The van der Waals surface area contributed by atoms with Gasteiger partial charge in [0, 0.05) is 50.7 Å². The van der Waals surface area contributed by atoms with Gasteiger partial charge < -0.3 is 14.7 Å². The highest BCUT2D eigenvalue weighted by atomic mass is 32.1. The van der Waals surface area contributed by atoms with Crippen molar-refractivity contribution in [3.05, 3.63) is 34.1 Å². The summed E-state index contributed by atoms with van der Waals surface area (Å²) in [4.78, 5) is 14.6. The zero-order chi connectivity index (χ0) is 16.1. The van der Waals surface area contributed by atoms with Crippen molar-refractivity contribution in [2.24, 2.45) is 4.99 Å². The van der Waals surface area contributed by atoms with Crippen LogP contribution in [0, 0.1) is 6.92 Å². The van der Waals surface area contributed by atoms with Crippen LogP contribution in [-0.2, 0) is 13.1 Å². The van der Waals surface area contributed by atoms with Gasteiger partial charge in [-0.3, -0.25) is 9.89 Å². The summed E-state index contributed by atoms with van der Waals surface area (Å²) in [5, 5.41) is 7.42. The fourth-order valence-electron chi connectivity index (χ4n) is 2.65. The van der Waals surface area contributed by atoms with E-state index in [0.717, 1.165) is 56.6 Å². The molecule has 0 aromatic carbocycles. The first kappa shape index (κ1) is 15.9. The SMILES string of the molecule is CN=C(NCc1scnc1C)N1CCN(Cc2ccon2)CC1. The summed E-state index contributed by atoms with van der Waals surface area (Å²) in [5.74, 6) is 0.957. The average Bonchev–Trinajstić information content (AvgIpc) is 3.21. The molecule has 23 heavy (non-hydrogen) atoms. The number of rotatable bonds is 4. The van der Waals surface area contributed by atoms with E-state index in [-0.39, 0.29) is 0 Å². The van der Waals surface area contributed by atoms with Gasteiger partial charge in [0.25, 0.3) is 0 Å². The van der Waals surface area contributed by atoms with Gasteiger partial charge in [0.15, 0.2) is 5.96 Å². The van der Waals surface area contributed by atoms with E-state index in [1.54, 1.807) is 17.6 Å². The predicted molar refractivity (Wildman–Crippen MR) is 90.4 cm³/mol. The number of guanidine groups is 1. The van der Waals surface area contributed by atoms with Crippen LogP contribution >= 0.6 is 11.3 Å². The minimum atomic E-state index is 0.780. The van der Waals surface area contributed by atoms with Crippen LogP contribution < -0.4 is 5.32 Å². The molecule has 0 radical (unpaired) electrons. The molecule has 3 rings (SSSR count). The largest absolute Gasteiger partial charge is 0.364 e. The first-order chi connectivity index (χ1) is 11.3. The Kier molecular flexibility index (Phi) is 5.24. The van der Waals surface area contributed by atoms with E-state index in [4.69, 9.17) is 4.52 Å². The number of hydrogen-bond acceptors (Lipinski definition) is 6. The van der Waals surface area contributed by atoms with Crippen molar-refractivity contribution in [1.82, 2.24) is 25.3 Å². The molecule has 1 saturated heterocycles. The molecule has 1 N–H and O–H groups in total. The number of thiazole rings is 1. The second-order valence-electron chi connectivity index (χ2n) is 5.52. The summed E-state index contributed by atoms with van der Waals surface area (Å²) < 4.78 is 4.89. The molecule has 0 atom stereocenters. The highest BCUT2D eigenvalue weighted by Crippen LogP contribution is 2.12. The van der Waals surface area contributed by atoms with Gasteiger partial charge in [0.05, 0.1) is 23.4 Å². The Labute approximate surface area is 140 Å². The van der Waals surface area contributed by atoms with Gasteiger partial charge in [-0.25, -0.2) is 4.98 Å². The molecular formula is C15H22N6OS. The molecule has 1 aliphatic heterocycles. The molecule has 0 bridgehead atoms. The molecule has 7 nitrogen and oxygen atoms in total. The molecule has 0 spiro atoms. The number of nitrogens with zero attached hydrogens (tertiary/aromatic N) is 5. The molecule has 1 aliphatic rings. The monoisotopic (exact) mass is 334 g/mol. The van der Waals surface area contributed by atoms with Crippen molar-refractivity contribution < 1.29 is 4.52 Å². The van der Waals surface area contributed by atoms with Crippen molar-refractivity contribution in [2.45, 2.75) is 20.0 Å². The minimum absolute atomic E-state index is 0.780. The third-order valence-electron chi connectivity index (χ3n) is 4.01. The van der Waals surface area contributed by atoms with Crippen LogP contribution in [0.3, 0.4) is 0 Å². The first-order valence-corrected chi connectivity index (χ1v) is 8.60. The molecule has 0 aliphatic carbocycles. The van der Waals surface area contributed by atoms with Gasteiger partial charge in [-0.05, 0) is 6.92 Å². The molecule has 0 saturated carbocycles. The summed E-state index contributed by atoms with van der Waals surface area (Å²) >= 11 is 1.68. The van der Waals surface area contributed by atoms with E-state index in [1.807, 2.05) is 25.5 Å². The Morgan fingerprint density at radius 2 is 2.22 bits per heavy atom. The van der Waals surface area contributed by atoms with Crippen molar-refractivity contribution in [3.63, 3.8) is 0 Å². The number of aryl methyl sites for hydroxylation is 1. The smallest absolute Gasteiger partial charge is 0.194 e. The lowest BCUT2D eigenvalue weighted by molar-refractivity contribution is 0.169. The first-order valence-electron chi connectivity index (χ1n) is 7.72. The number of nitrogens with one attached hydrogen (secondary N) is 1. The number of aromatic nitrogens is 2. The van der Waals surface area contributed by atoms with Gasteiger partial charge >= 0.3 is 0 Å². The average molecular weight is 334 g/mol. The summed E-state index contributed by atoms with van der Waals surface area (Å²) in [6.45, 7) is 7.57. The molecule has 0 unspecified atom stereocenters. The molecule has 2 aromatic heterocycles. The fraction of sp³-hybridized carbons (Fsp3) is 0.533. The van der Waals surface area contributed by atoms with Crippen LogP contribution in [0.5, 0.6) is 0 Å². The van der Waals surface area contributed by atoms with Crippen LogP contribution in [0.25, 0.3) is 0 Å². The highest BCUT2D eigenvalue weighted by Gasteiger charge is 2.20. The zero-order valence-corrected chi connectivity index (χ0v) is 14.3. The van der Waals surface area contributed by atoms with Crippen LogP contribution in [0.4, 0.5) is 0 Å². The second-order valence-corrected chi connectivity index (χ2v) is 6.46. The maximum atomic E-state index is 4.89. The van der Waals surface area contributed by atoms with Gasteiger partial charge in [-0.1, -0.05) is 5.16 Å². The highest BCUT2D eigenvalue weighted by molar-refractivity contribution is 7.09. The van der Waals surface area contributed by atoms with Gasteiger partial charge in [-0.15, -0.1) is 11.3 Å². The van der Waals surface area contributed by atoms with Gasteiger partial charge in [-0.2, -0.15) is 0 Å². The van der Waals surface area contributed by atoms with Crippen molar-refractivity contribution >= 4 is 17.3 Å². The molecule has 2 aromatic rings. The third-order valence-corrected chi connectivity index (χ3v) is 4.95. The maximum Gasteiger partial charge on any atom is 0.194 e. The van der Waals surface area contributed by atoms with Crippen molar-refractivity contribution in [3.8, 4) is 0 Å². The predicted octanol–water partition coefficient (Wildman–Crippen LogP) is 1.33. The minimum Gasteiger partial charge on any atom is -0.364 e. The van der Waals surface area contributed by atoms with E-state index >= 15 is 0 Å². The third kappa shape index (κ3) is 4.08. The Balaban J connectivity index is 1.48. The van der Waals surface area contributed by atoms with Crippen LogP contribution in [0.1, 0.15) is 16.3 Å². The molecule has 1 fully saturated rings.